The van der Waals surface area contributed by atoms with Crippen LogP contribution in [-0.4, -0.2) is 16.3 Å². The van der Waals surface area contributed by atoms with Gasteiger partial charge in [-0.3, -0.25) is 0 Å². The molecule has 0 saturated carbocycles. The first-order valence-electron chi connectivity index (χ1n) is 5.36. The van der Waals surface area contributed by atoms with Gasteiger partial charge in [0.2, 0.25) is 0 Å². The molecule has 0 heterocycles. The predicted octanol–water partition coefficient (Wildman–Crippen LogP) is 3.09. The van der Waals surface area contributed by atoms with Crippen LogP contribution in [0.4, 0.5) is 0 Å². The van der Waals surface area contributed by atoms with Crippen molar-refractivity contribution in [3.8, 4) is 0 Å². The second-order valence-electron chi connectivity index (χ2n) is 3.86. The Morgan fingerprint density at radius 2 is 1.69 bits per heavy atom. The van der Waals surface area contributed by atoms with Crippen LogP contribution in [0.25, 0.3) is 0 Å². The van der Waals surface area contributed by atoms with Gasteiger partial charge in [0.1, 0.15) is 0 Å². The number of hydrogen-bond donors (Lipinski definition) is 2. The molecule has 0 aliphatic carbocycles. The van der Waals surface area contributed by atoms with Crippen LogP contribution in [0.15, 0.2) is 36.4 Å². The average Bonchev–Trinajstić information content (AvgIpc) is 2.25. The van der Waals surface area contributed by atoms with Crippen LogP contribution in [0.3, 0.4) is 0 Å². The molecular formula is C13H17ClO2. The van der Waals surface area contributed by atoms with Crippen LogP contribution in [0.5, 0.6) is 0 Å². The second kappa shape index (κ2) is 6.69. The van der Waals surface area contributed by atoms with Crippen molar-refractivity contribution in [2.45, 2.75) is 32.0 Å². The van der Waals surface area contributed by atoms with E-state index in [2.05, 4.69) is 0 Å². The highest BCUT2D eigenvalue weighted by Crippen LogP contribution is 2.19. The Balaban J connectivity index is 2.43. The van der Waals surface area contributed by atoms with Gasteiger partial charge in [-0.05, 0) is 37.5 Å². The van der Waals surface area contributed by atoms with Gasteiger partial charge in [-0.15, -0.1) is 0 Å². The Morgan fingerprint density at radius 3 is 2.25 bits per heavy atom. The summed E-state index contributed by atoms with van der Waals surface area (Å²) in [5, 5.41) is 19.5. The number of halogens is 1. The molecule has 0 aromatic heterocycles. The van der Waals surface area contributed by atoms with Gasteiger partial charge in [0.05, 0.1) is 12.2 Å². The van der Waals surface area contributed by atoms with Crippen LogP contribution in [0.1, 0.15) is 31.4 Å². The Kier molecular flexibility index (Phi) is 5.53. The topological polar surface area (TPSA) is 40.5 Å². The minimum atomic E-state index is -0.512. The van der Waals surface area contributed by atoms with Gasteiger partial charge in [0.15, 0.2) is 0 Å². The van der Waals surface area contributed by atoms with Gasteiger partial charge in [-0.25, -0.2) is 0 Å². The zero-order chi connectivity index (χ0) is 12.0. The average molecular weight is 241 g/mol. The maximum absolute atomic E-state index is 9.82. The summed E-state index contributed by atoms with van der Waals surface area (Å²) in [5.74, 6) is 0. The van der Waals surface area contributed by atoms with Gasteiger partial charge in [0, 0.05) is 5.02 Å². The highest BCUT2D eigenvalue weighted by molar-refractivity contribution is 6.30. The van der Waals surface area contributed by atoms with E-state index in [0.29, 0.717) is 17.9 Å². The summed E-state index contributed by atoms with van der Waals surface area (Å²) in [6, 6.07) is 7.16. The molecule has 0 bridgehead atoms. The van der Waals surface area contributed by atoms with Crippen LogP contribution >= 0.6 is 11.6 Å². The van der Waals surface area contributed by atoms with Crippen LogP contribution in [-0.2, 0) is 0 Å². The van der Waals surface area contributed by atoms with E-state index in [4.69, 9.17) is 16.7 Å². The van der Waals surface area contributed by atoms with Crippen molar-refractivity contribution >= 4 is 11.6 Å². The number of aliphatic hydroxyl groups is 2. The molecule has 0 aliphatic rings. The Hall–Kier alpha value is -0.830. The largest absolute Gasteiger partial charge is 0.393 e. The number of benzene rings is 1. The van der Waals surface area contributed by atoms with E-state index in [-0.39, 0.29) is 6.10 Å². The monoisotopic (exact) mass is 240 g/mol. The molecule has 0 unspecified atom stereocenters. The number of hydrogen-bond acceptors (Lipinski definition) is 2. The molecule has 0 amide bonds. The first-order chi connectivity index (χ1) is 7.59. The molecule has 1 aromatic carbocycles. The quantitative estimate of drug-likeness (QED) is 0.777. The van der Waals surface area contributed by atoms with Gasteiger partial charge in [-0.2, -0.15) is 0 Å². The fraction of sp³-hybridized carbons (Fsp3) is 0.385. The first-order valence-corrected chi connectivity index (χ1v) is 5.74. The predicted molar refractivity (Wildman–Crippen MR) is 66.5 cm³/mol. The van der Waals surface area contributed by atoms with Crippen LogP contribution in [0, 0.1) is 0 Å². The van der Waals surface area contributed by atoms with Crippen molar-refractivity contribution in [3.05, 3.63) is 47.0 Å². The molecule has 0 radical (unpaired) electrons. The molecule has 0 aliphatic heterocycles. The maximum atomic E-state index is 9.82. The molecule has 2 N–H and O–H groups in total. The van der Waals surface area contributed by atoms with E-state index in [0.717, 1.165) is 5.56 Å². The van der Waals surface area contributed by atoms with Gasteiger partial charge in [0.25, 0.3) is 0 Å². The summed E-state index contributed by atoms with van der Waals surface area (Å²) in [5.41, 5.74) is 0.853. The normalized spacial score (nSPS) is 15.2. The number of aliphatic hydroxyl groups excluding tert-OH is 2. The summed E-state index contributed by atoms with van der Waals surface area (Å²) in [6.07, 6.45) is 4.09. The van der Waals surface area contributed by atoms with E-state index in [9.17, 15) is 5.11 Å². The third-order valence-corrected chi connectivity index (χ3v) is 2.51. The Labute approximate surface area is 101 Å². The molecular weight excluding hydrogens is 224 g/mol. The molecule has 0 fully saturated rings. The van der Waals surface area contributed by atoms with Crippen molar-refractivity contribution in [1.82, 2.24) is 0 Å². The van der Waals surface area contributed by atoms with Crippen LogP contribution < -0.4 is 0 Å². The Bertz CT molecular complexity index is 330. The fourth-order valence-corrected chi connectivity index (χ4v) is 1.47. The zero-order valence-corrected chi connectivity index (χ0v) is 10.1. The molecule has 0 saturated heterocycles. The van der Waals surface area contributed by atoms with Gasteiger partial charge >= 0.3 is 0 Å². The first kappa shape index (κ1) is 13.2. The Morgan fingerprint density at radius 1 is 1.12 bits per heavy atom. The van der Waals surface area contributed by atoms with E-state index in [1.165, 1.54) is 0 Å². The lowest BCUT2D eigenvalue weighted by Gasteiger charge is -2.08. The van der Waals surface area contributed by atoms with Crippen molar-refractivity contribution in [2.75, 3.05) is 0 Å². The van der Waals surface area contributed by atoms with Gasteiger partial charge < -0.3 is 10.2 Å². The summed E-state index contributed by atoms with van der Waals surface area (Å²) in [4.78, 5) is 0. The lowest BCUT2D eigenvalue weighted by molar-refractivity contribution is 0.180. The smallest absolute Gasteiger partial charge is 0.0824 e. The van der Waals surface area contributed by atoms with E-state index in [1.807, 2.05) is 24.3 Å². The molecule has 3 heteroatoms. The molecule has 2 atom stereocenters. The minimum absolute atomic E-state index is 0.330. The molecule has 16 heavy (non-hydrogen) atoms. The maximum Gasteiger partial charge on any atom is 0.0824 e. The highest BCUT2D eigenvalue weighted by atomic mass is 35.5. The van der Waals surface area contributed by atoms with Crippen molar-refractivity contribution in [1.29, 1.82) is 0 Å². The summed E-state index contributed by atoms with van der Waals surface area (Å²) < 4.78 is 0. The van der Waals surface area contributed by atoms with Crippen molar-refractivity contribution in [3.63, 3.8) is 0 Å². The van der Waals surface area contributed by atoms with Gasteiger partial charge in [-0.1, -0.05) is 35.9 Å². The summed E-state index contributed by atoms with van der Waals surface area (Å²) in [6.45, 7) is 1.74. The van der Waals surface area contributed by atoms with E-state index >= 15 is 0 Å². The third-order valence-electron chi connectivity index (χ3n) is 2.26. The van der Waals surface area contributed by atoms with Crippen molar-refractivity contribution < 1.29 is 10.2 Å². The molecule has 1 aromatic rings. The zero-order valence-electron chi connectivity index (χ0n) is 9.31. The molecule has 1 rings (SSSR count). The lowest BCUT2D eigenvalue weighted by atomic mass is 10.1. The molecule has 0 spiro atoms. The van der Waals surface area contributed by atoms with Crippen molar-refractivity contribution in [2.24, 2.45) is 0 Å². The molecule has 88 valence electrons. The third kappa shape index (κ3) is 4.79. The second-order valence-corrected chi connectivity index (χ2v) is 4.30. The van der Waals surface area contributed by atoms with Crippen LogP contribution in [0.2, 0.25) is 5.02 Å². The molecule has 2 nitrogen and oxygen atoms in total. The summed E-state index contributed by atoms with van der Waals surface area (Å²) in [7, 11) is 0. The highest BCUT2D eigenvalue weighted by Gasteiger charge is 2.04. The fourth-order valence-electron chi connectivity index (χ4n) is 1.34. The van der Waals surface area contributed by atoms with E-state index in [1.54, 1.807) is 19.1 Å². The SMILES string of the molecule is C[C@H](O)C/C=C\C[C@H](O)c1ccc(Cl)cc1. The lowest BCUT2D eigenvalue weighted by Crippen LogP contribution is -1.97. The summed E-state index contributed by atoms with van der Waals surface area (Å²) >= 11 is 5.75. The number of rotatable bonds is 5. The standard InChI is InChI=1S/C13H17ClO2/c1-10(15)4-2-3-5-13(16)11-6-8-12(14)9-7-11/h2-3,6-10,13,15-16H,4-5H2,1H3/b3-2-/t10-,13-/m0/s1. The van der Waals surface area contributed by atoms with E-state index < -0.39 is 6.10 Å². The minimum Gasteiger partial charge on any atom is -0.393 e.